The van der Waals surface area contributed by atoms with Crippen molar-refractivity contribution in [1.29, 1.82) is 0 Å². The van der Waals surface area contributed by atoms with Crippen molar-refractivity contribution in [3.05, 3.63) is 88.3 Å². The zero-order valence-electron chi connectivity index (χ0n) is 21.0. The first kappa shape index (κ1) is 25.2. The van der Waals surface area contributed by atoms with E-state index in [0.717, 1.165) is 12.1 Å². The SMILES string of the molecule is CC(C)COc1ccc(C(=O)Nc2ccc(S(=O)(=O)N3CC4CC(C3)c3cccc(=O)n3C4)cc2)cc1. The Balaban J connectivity index is 1.25. The summed E-state index contributed by atoms with van der Waals surface area (Å²) in [4.78, 5) is 25.1. The second-order valence-electron chi connectivity index (χ2n) is 10.2. The molecule has 0 radical (unpaired) electrons. The molecule has 5 rings (SSSR count). The van der Waals surface area contributed by atoms with E-state index in [-0.39, 0.29) is 28.2 Å². The van der Waals surface area contributed by atoms with Gasteiger partial charge in [-0.3, -0.25) is 9.59 Å². The number of carbonyl (C=O) groups excluding carboxylic acids is 1. The van der Waals surface area contributed by atoms with Gasteiger partial charge >= 0.3 is 0 Å². The molecule has 194 valence electrons. The normalized spacial score (nSPS) is 19.3. The van der Waals surface area contributed by atoms with Crippen LogP contribution in [-0.4, -0.2) is 42.9 Å². The molecule has 9 heteroatoms. The highest BCUT2D eigenvalue weighted by Gasteiger charge is 2.39. The van der Waals surface area contributed by atoms with E-state index in [1.807, 2.05) is 6.07 Å². The second kappa shape index (κ2) is 10.1. The summed E-state index contributed by atoms with van der Waals surface area (Å²) in [5.74, 6) is 0.923. The van der Waals surface area contributed by atoms with E-state index < -0.39 is 10.0 Å². The Morgan fingerprint density at radius 2 is 1.73 bits per heavy atom. The number of nitrogens with one attached hydrogen (secondary N) is 1. The molecule has 2 unspecified atom stereocenters. The Morgan fingerprint density at radius 3 is 2.43 bits per heavy atom. The molecule has 1 saturated heterocycles. The van der Waals surface area contributed by atoms with Crippen molar-refractivity contribution in [3.8, 4) is 5.75 Å². The molecular formula is C28H31N3O5S. The van der Waals surface area contributed by atoms with Crippen molar-refractivity contribution in [3.63, 3.8) is 0 Å². The first-order valence-corrected chi connectivity index (χ1v) is 14.0. The average Bonchev–Trinajstić information content (AvgIpc) is 2.88. The molecule has 2 bridgehead atoms. The van der Waals surface area contributed by atoms with Gasteiger partial charge in [0.2, 0.25) is 10.0 Å². The fourth-order valence-corrected chi connectivity index (χ4v) is 6.64. The van der Waals surface area contributed by atoms with E-state index in [1.165, 1.54) is 16.4 Å². The molecule has 2 aliphatic rings. The largest absolute Gasteiger partial charge is 0.493 e. The van der Waals surface area contributed by atoms with E-state index in [4.69, 9.17) is 4.74 Å². The lowest BCUT2D eigenvalue weighted by molar-refractivity contribution is 0.102. The molecule has 3 aromatic rings. The summed E-state index contributed by atoms with van der Waals surface area (Å²) in [5.41, 5.74) is 1.86. The Labute approximate surface area is 216 Å². The second-order valence-corrected chi connectivity index (χ2v) is 12.2. The summed E-state index contributed by atoms with van der Waals surface area (Å²) >= 11 is 0. The summed E-state index contributed by atoms with van der Waals surface area (Å²) in [6.45, 7) is 6.00. The fraction of sp³-hybridized carbons (Fsp3) is 0.357. The van der Waals surface area contributed by atoms with Crippen LogP contribution in [0, 0.1) is 11.8 Å². The molecule has 37 heavy (non-hydrogen) atoms. The van der Waals surface area contributed by atoms with E-state index in [0.29, 0.717) is 49.2 Å². The van der Waals surface area contributed by atoms with E-state index in [1.54, 1.807) is 53.1 Å². The minimum atomic E-state index is -3.71. The van der Waals surface area contributed by atoms with Gasteiger partial charge in [0.15, 0.2) is 0 Å². The van der Waals surface area contributed by atoms with Crippen LogP contribution in [0.2, 0.25) is 0 Å². The van der Waals surface area contributed by atoms with Crippen LogP contribution >= 0.6 is 0 Å². The molecule has 0 spiro atoms. The minimum absolute atomic E-state index is 0.00287. The lowest BCUT2D eigenvalue weighted by Gasteiger charge is -2.42. The number of rotatable bonds is 7. The molecule has 0 saturated carbocycles. The Bertz CT molecular complexity index is 1450. The van der Waals surface area contributed by atoms with Crippen molar-refractivity contribution in [1.82, 2.24) is 8.87 Å². The van der Waals surface area contributed by atoms with Crippen LogP contribution in [0.15, 0.2) is 76.4 Å². The molecule has 1 fully saturated rings. The lowest BCUT2D eigenvalue weighted by atomic mass is 9.84. The molecule has 0 aliphatic carbocycles. The maximum Gasteiger partial charge on any atom is 0.255 e. The van der Waals surface area contributed by atoms with E-state index in [9.17, 15) is 18.0 Å². The Morgan fingerprint density at radius 1 is 1.00 bits per heavy atom. The summed E-state index contributed by atoms with van der Waals surface area (Å²) in [7, 11) is -3.71. The zero-order chi connectivity index (χ0) is 26.2. The molecule has 1 aromatic heterocycles. The quantitative estimate of drug-likeness (QED) is 0.508. The molecule has 8 nitrogen and oxygen atoms in total. The molecule has 1 amide bonds. The third kappa shape index (κ3) is 5.33. The number of amides is 1. The number of fused-ring (bicyclic) bond motifs is 4. The highest BCUT2D eigenvalue weighted by molar-refractivity contribution is 7.89. The van der Waals surface area contributed by atoms with Gasteiger partial charge in [0.05, 0.1) is 11.5 Å². The molecule has 2 aliphatic heterocycles. The summed E-state index contributed by atoms with van der Waals surface area (Å²) in [6, 6.07) is 18.4. The van der Waals surface area contributed by atoms with Crippen LogP contribution in [0.25, 0.3) is 0 Å². The van der Waals surface area contributed by atoms with Crippen molar-refractivity contribution < 1.29 is 17.9 Å². The molecule has 2 aromatic carbocycles. The number of hydrogen-bond donors (Lipinski definition) is 1. The fourth-order valence-electron chi connectivity index (χ4n) is 5.08. The van der Waals surface area contributed by atoms with Gasteiger partial charge in [-0.25, -0.2) is 8.42 Å². The van der Waals surface area contributed by atoms with Gasteiger partial charge in [0, 0.05) is 48.6 Å². The average molecular weight is 522 g/mol. The van der Waals surface area contributed by atoms with Crippen LogP contribution in [0.3, 0.4) is 0 Å². The van der Waals surface area contributed by atoms with Gasteiger partial charge in [-0.15, -0.1) is 0 Å². The van der Waals surface area contributed by atoms with E-state index >= 15 is 0 Å². The Kier molecular flexibility index (Phi) is 6.92. The van der Waals surface area contributed by atoms with Crippen molar-refractivity contribution >= 4 is 21.6 Å². The van der Waals surface area contributed by atoms with Crippen LogP contribution in [0.5, 0.6) is 5.75 Å². The number of hydrogen-bond acceptors (Lipinski definition) is 5. The number of sulfonamides is 1. The lowest BCUT2D eigenvalue weighted by Crippen LogP contribution is -2.48. The van der Waals surface area contributed by atoms with E-state index in [2.05, 4.69) is 19.2 Å². The van der Waals surface area contributed by atoms with Crippen LogP contribution in [-0.2, 0) is 16.6 Å². The third-order valence-electron chi connectivity index (χ3n) is 6.90. The smallest absolute Gasteiger partial charge is 0.255 e. The van der Waals surface area contributed by atoms with Gasteiger partial charge in [-0.05, 0) is 72.9 Å². The standard InChI is InChI=1S/C28H31N3O5S/c1-19(2)18-36-24-10-6-21(7-11-24)28(33)29-23-8-12-25(13-9-23)37(34,35)30-15-20-14-22(17-30)26-4-3-5-27(32)31(26)16-20/h3-13,19-20,22H,14-18H2,1-2H3,(H,29,33). The third-order valence-corrected chi connectivity index (χ3v) is 8.74. The van der Waals surface area contributed by atoms with Crippen LogP contribution < -0.4 is 15.6 Å². The minimum Gasteiger partial charge on any atom is -0.493 e. The molecule has 2 atom stereocenters. The van der Waals surface area contributed by atoms with Crippen LogP contribution in [0.1, 0.15) is 42.2 Å². The predicted octanol–water partition coefficient (Wildman–Crippen LogP) is 3.94. The van der Waals surface area contributed by atoms with Gasteiger partial charge in [0.1, 0.15) is 5.75 Å². The van der Waals surface area contributed by atoms with Crippen molar-refractivity contribution in [2.24, 2.45) is 11.8 Å². The first-order valence-electron chi connectivity index (χ1n) is 12.5. The number of ether oxygens (including phenoxy) is 1. The topological polar surface area (TPSA) is 97.7 Å². The number of piperidine rings is 1. The molecule has 3 heterocycles. The monoisotopic (exact) mass is 521 g/mol. The van der Waals surface area contributed by atoms with Gasteiger partial charge in [-0.1, -0.05) is 19.9 Å². The van der Waals surface area contributed by atoms with Gasteiger partial charge in [0.25, 0.3) is 11.5 Å². The summed E-state index contributed by atoms with van der Waals surface area (Å²) in [6.07, 6.45) is 0.880. The van der Waals surface area contributed by atoms with Gasteiger partial charge in [-0.2, -0.15) is 4.31 Å². The van der Waals surface area contributed by atoms with Crippen molar-refractivity contribution in [2.45, 2.75) is 37.6 Å². The van der Waals surface area contributed by atoms with Crippen LogP contribution in [0.4, 0.5) is 5.69 Å². The molecular weight excluding hydrogens is 490 g/mol. The van der Waals surface area contributed by atoms with Crippen molar-refractivity contribution in [2.75, 3.05) is 25.0 Å². The zero-order valence-corrected chi connectivity index (χ0v) is 21.8. The highest BCUT2D eigenvalue weighted by atomic mass is 32.2. The number of anilines is 1. The summed E-state index contributed by atoms with van der Waals surface area (Å²) < 4.78 is 35.8. The molecule has 1 N–H and O–H groups in total. The predicted molar refractivity (Wildman–Crippen MR) is 141 cm³/mol. The summed E-state index contributed by atoms with van der Waals surface area (Å²) in [5, 5.41) is 2.81. The first-order chi connectivity index (χ1) is 17.7. The number of aromatic nitrogens is 1. The number of nitrogens with zero attached hydrogens (tertiary/aromatic N) is 2. The highest BCUT2D eigenvalue weighted by Crippen LogP contribution is 2.37. The van der Waals surface area contributed by atoms with Gasteiger partial charge < -0.3 is 14.6 Å². The number of carbonyl (C=O) groups is 1. The number of benzene rings is 2. The maximum atomic E-state index is 13.4. The maximum absolute atomic E-state index is 13.4. The number of pyridine rings is 1. The Hall–Kier alpha value is -3.43.